The van der Waals surface area contributed by atoms with Crippen molar-refractivity contribution in [1.29, 1.82) is 0 Å². The number of terminal acetylenes is 1. The van der Waals surface area contributed by atoms with Crippen molar-refractivity contribution in [2.24, 2.45) is 11.8 Å². The average molecular weight is 439 g/mol. The fraction of sp³-hybridized carbons (Fsp3) is 0.481. The smallest absolute Gasteiger partial charge is 0.303 e. The van der Waals surface area contributed by atoms with Crippen LogP contribution in [0.5, 0.6) is 5.75 Å². The normalized spacial score (nSPS) is 19.2. The van der Waals surface area contributed by atoms with Gasteiger partial charge in [-0.3, -0.25) is 9.59 Å². The number of fused-ring (bicyclic) bond motifs is 1. The van der Waals surface area contributed by atoms with Crippen LogP contribution < -0.4 is 4.74 Å². The highest BCUT2D eigenvalue weighted by atomic mass is 16.5. The Kier molecular flexibility index (Phi) is 10.1. The van der Waals surface area contributed by atoms with Gasteiger partial charge in [-0.1, -0.05) is 36.6 Å². The molecule has 172 valence electrons. The lowest BCUT2D eigenvalue weighted by molar-refractivity contribution is -0.138. The molecule has 1 aliphatic rings. The van der Waals surface area contributed by atoms with E-state index in [9.17, 15) is 14.7 Å². The first-order chi connectivity index (χ1) is 15.3. The Morgan fingerprint density at radius 2 is 2.06 bits per heavy atom. The second kappa shape index (κ2) is 12.8. The third-order valence-electron chi connectivity index (χ3n) is 6.25. The molecule has 0 aliphatic heterocycles. The molecule has 1 aromatic carbocycles. The van der Waals surface area contributed by atoms with E-state index >= 15 is 0 Å². The minimum Gasteiger partial charge on any atom is -0.493 e. The predicted molar refractivity (Wildman–Crippen MR) is 126 cm³/mol. The van der Waals surface area contributed by atoms with Crippen LogP contribution in [0.1, 0.15) is 69.4 Å². The van der Waals surface area contributed by atoms with Crippen LogP contribution in [0.4, 0.5) is 0 Å². The van der Waals surface area contributed by atoms with Crippen molar-refractivity contribution >= 4 is 11.9 Å². The molecule has 2 unspecified atom stereocenters. The molecule has 0 spiro atoms. The number of hydrogen-bond donors (Lipinski definition) is 2. The van der Waals surface area contributed by atoms with Gasteiger partial charge < -0.3 is 14.9 Å². The van der Waals surface area contributed by atoms with Crippen LogP contribution in [-0.4, -0.2) is 28.8 Å². The van der Waals surface area contributed by atoms with Gasteiger partial charge in [0.15, 0.2) is 0 Å². The topological polar surface area (TPSA) is 83.8 Å². The maximum atomic E-state index is 11.3. The Bertz CT molecular complexity index is 890. The van der Waals surface area contributed by atoms with Crippen molar-refractivity contribution in [2.75, 3.05) is 6.61 Å². The quantitative estimate of drug-likeness (QED) is 0.328. The molecule has 2 N–H and O–H groups in total. The van der Waals surface area contributed by atoms with Gasteiger partial charge in [0.1, 0.15) is 5.75 Å². The van der Waals surface area contributed by atoms with Gasteiger partial charge in [-0.15, -0.1) is 6.42 Å². The highest BCUT2D eigenvalue weighted by molar-refractivity contribution is 5.67. The van der Waals surface area contributed by atoms with E-state index in [4.69, 9.17) is 16.3 Å². The summed E-state index contributed by atoms with van der Waals surface area (Å²) in [6, 6.07) is 6.16. The minimum atomic E-state index is -0.793. The third kappa shape index (κ3) is 7.92. The van der Waals surface area contributed by atoms with Gasteiger partial charge in [0.25, 0.3) is 0 Å². The van der Waals surface area contributed by atoms with Crippen LogP contribution >= 0.6 is 0 Å². The lowest BCUT2D eigenvalue weighted by Gasteiger charge is -2.37. The number of carbonyl (C=O) groups is 2. The van der Waals surface area contributed by atoms with E-state index in [2.05, 4.69) is 18.1 Å². The Morgan fingerprint density at radius 1 is 1.28 bits per heavy atom. The molecule has 5 heteroatoms. The number of hydrogen-bond acceptors (Lipinski definition) is 3. The number of allylic oxidation sites excluding steroid dienone is 3. The van der Waals surface area contributed by atoms with Crippen LogP contribution in [0.2, 0.25) is 0 Å². The van der Waals surface area contributed by atoms with Crippen molar-refractivity contribution in [3.05, 3.63) is 53.1 Å². The van der Waals surface area contributed by atoms with Crippen LogP contribution in [0.25, 0.3) is 0 Å². The second-order valence-corrected chi connectivity index (χ2v) is 8.67. The van der Waals surface area contributed by atoms with Crippen molar-refractivity contribution < 1.29 is 24.5 Å². The largest absolute Gasteiger partial charge is 0.493 e. The molecule has 5 nitrogen and oxygen atoms in total. The predicted octanol–water partition coefficient (Wildman–Crippen LogP) is 5.60. The Balaban J connectivity index is 2.10. The van der Waals surface area contributed by atoms with Crippen LogP contribution in [0.15, 0.2) is 42.0 Å². The first kappa shape index (κ1) is 25.3. The standard InChI is InChI=1S/C27H34O5/c1-4-5-6-8-19(2)15-16-32-22-12-14-24-21(18-22)11-13-23(20(3)17-27(30)31)25(24)9-7-10-26(28)29/h1,5-6,8,12,14,18,20,23,25H,7,9-11,13,15-17H2,2-3H3,(H,28,29)(H,30,31)/b6-5-,19-8+/t20-,23?,25?/m0/s1. The van der Waals surface area contributed by atoms with E-state index < -0.39 is 11.9 Å². The molecular weight excluding hydrogens is 404 g/mol. The maximum absolute atomic E-state index is 11.3. The molecule has 32 heavy (non-hydrogen) atoms. The zero-order chi connectivity index (χ0) is 23.5. The molecule has 3 atom stereocenters. The highest BCUT2D eigenvalue weighted by Gasteiger charge is 2.33. The zero-order valence-corrected chi connectivity index (χ0v) is 19.0. The fourth-order valence-corrected chi connectivity index (χ4v) is 4.64. The summed E-state index contributed by atoms with van der Waals surface area (Å²) in [6.07, 6.45) is 14.9. The summed E-state index contributed by atoms with van der Waals surface area (Å²) in [7, 11) is 0. The molecule has 0 amide bonds. The van der Waals surface area contributed by atoms with Gasteiger partial charge in [0.05, 0.1) is 6.61 Å². The van der Waals surface area contributed by atoms with Crippen molar-refractivity contribution in [3.8, 4) is 18.1 Å². The van der Waals surface area contributed by atoms with E-state index in [1.54, 1.807) is 6.08 Å². The zero-order valence-electron chi connectivity index (χ0n) is 19.0. The molecule has 0 radical (unpaired) electrons. The number of carboxylic acids is 2. The molecule has 0 aromatic heterocycles. The lowest BCUT2D eigenvalue weighted by atomic mass is 9.67. The summed E-state index contributed by atoms with van der Waals surface area (Å²) < 4.78 is 5.96. The number of benzene rings is 1. The molecule has 0 saturated carbocycles. The van der Waals surface area contributed by atoms with E-state index in [0.717, 1.165) is 31.4 Å². The minimum absolute atomic E-state index is 0.0460. The molecule has 2 rings (SSSR count). The fourth-order valence-electron chi connectivity index (χ4n) is 4.64. The number of carboxylic acid groups (broad SMARTS) is 2. The number of aliphatic carboxylic acids is 2. The number of ether oxygens (including phenoxy) is 1. The van der Waals surface area contributed by atoms with Gasteiger partial charge in [0.2, 0.25) is 0 Å². The molecule has 1 aromatic rings. The monoisotopic (exact) mass is 438 g/mol. The third-order valence-corrected chi connectivity index (χ3v) is 6.25. The number of aryl methyl sites for hydroxylation is 1. The summed E-state index contributed by atoms with van der Waals surface area (Å²) in [6.45, 7) is 4.61. The first-order valence-corrected chi connectivity index (χ1v) is 11.3. The summed E-state index contributed by atoms with van der Waals surface area (Å²) >= 11 is 0. The first-order valence-electron chi connectivity index (χ1n) is 11.3. The van der Waals surface area contributed by atoms with Crippen molar-refractivity contribution in [1.82, 2.24) is 0 Å². The Morgan fingerprint density at radius 3 is 2.75 bits per heavy atom. The second-order valence-electron chi connectivity index (χ2n) is 8.67. The molecule has 1 aliphatic carbocycles. The van der Waals surface area contributed by atoms with Gasteiger partial charge in [-0.2, -0.15) is 0 Å². The molecule has 0 fully saturated rings. The summed E-state index contributed by atoms with van der Waals surface area (Å²) in [5.41, 5.74) is 3.63. The maximum Gasteiger partial charge on any atom is 0.303 e. The molecule has 0 heterocycles. The van der Waals surface area contributed by atoms with Gasteiger partial charge in [0, 0.05) is 19.3 Å². The highest BCUT2D eigenvalue weighted by Crippen LogP contribution is 2.44. The Hall–Kier alpha value is -3.00. The molecule has 0 bridgehead atoms. The lowest BCUT2D eigenvalue weighted by Crippen LogP contribution is -2.28. The summed E-state index contributed by atoms with van der Waals surface area (Å²) in [4.78, 5) is 22.3. The van der Waals surface area contributed by atoms with Gasteiger partial charge in [-0.25, -0.2) is 0 Å². The Labute approximate surface area is 191 Å². The van der Waals surface area contributed by atoms with Crippen molar-refractivity contribution in [3.63, 3.8) is 0 Å². The van der Waals surface area contributed by atoms with Crippen LogP contribution in [-0.2, 0) is 16.0 Å². The SMILES string of the molecule is C#C/C=C\C=C(/C)CCOc1ccc2c(c1)CCC([C@@H](C)CC(=O)O)C2CCCC(=O)O. The average Bonchev–Trinajstić information content (AvgIpc) is 2.73. The molecule has 0 saturated heterocycles. The van der Waals surface area contributed by atoms with E-state index in [-0.39, 0.29) is 30.6 Å². The van der Waals surface area contributed by atoms with E-state index in [0.29, 0.717) is 13.0 Å². The van der Waals surface area contributed by atoms with Gasteiger partial charge >= 0.3 is 11.9 Å². The van der Waals surface area contributed by atoms with E-state index in [1.807, 2.05) is 32.1 Å². The van der Waals surface area contributed by atoms with Crippen LogP contribution in [0.3, 0.4) is 0 Å². The van der Waals surface area contributed by atoms with Crippen molar-refractivity contribution in [2.45, 2.75) is 64.7 Å². The number of rotatable bonds is 12. The van der Waals surface area contributed by atoms with Crippen LogP contribution in [0, 0.1) is 24.2 Å². The van der Waals surface area contributed by atoms with E-state index in [1.165, 1.54) is 16.7 Å². The summed E-state index contributed by atoms with van der Waals surface area (Å²) in [5, 5.41) is 18.3. The summed E-state index contributed by atoms with van der Waals surface area (Å²) in [5.74, 6) is 2.18. The molecular formula is C27H34O5. The van der Waals surface area contributed by atoms with Gasteiger partial charge in [-0.05, 0) is 79.7 Å².